The molecule has 0 bridgehead atoms. The van der Waals surface area contributed by atoms with E-state index in [9.17, 15) is 29.1 Å². The third kappa shape index (κ3) is 13.0. The van der Waals surface area contributed by atoms with Crippen molar-refractivity contribution in [3.63, 3.8) is 0 Å². The van der Waals surface area contributed by atoms with Gasteiger partial charge in [0.05, 0.1) is 40.3 Å². The van der Waals surface area contributed by atoms with E-state index < -0.39 is 11.9 Å². The Hall–Kier alpha value is -8.79. The first-order valence-corrected chi connectivity index (χ1v) is 23.6. The van der Waals surface area contributed by atoms with E-state index in [4.69, 9.17) is 10.5 Å². The lowest BCUT2D eigenvalue weighted by molar-refractivity contribution is 0.0601. The van der Waals surface area contributed by atoms with Crippen LogP contribution < -0.4 is 27.0 Å². The average molecular weight is 984 g/mol. The highest BCUT2D eigenvalue weighted by atomic mass is 16.5. The minimum Gasteiger partial charge on any atom is -0.508 e. The van der Waals surface area contributed by atoms with E-state index in [1.54, 1.807) is 30.3 Å². The highest BCUT2D eigenvalue weighted by Gasteiger charge is 2.23. The standard InChI is InChI=1S/C29H32N4O2.C28H29N5O5/c1-17-7-10-23(22-11-8-20(14-18(22)2)27(34)30-16-29(4,5)6)24(13-17)28(35)33-21-9-12-25-26(15-21)32-19(3)31-25;1-28(2,3)14-30-24(35)15-5-8-19(21(11-15)26(37)38-4)18-9-7-17(34)13-20(18)25(36)31-16-6-10-22-23(12-16)33-27(29)32-22/h7-15H,16H2,1-6H3,(H,30,34)(H,31,32)(H,33,35);5-13,34H,14H2,1-4H3,(H,30,35)(H,31,36)(H3,29,32,33). The molecule has 0 aliphatic rings. The number of amides is 4. The summed E-state index contributed by atoms with van der Waals surface area (Å²) >= 11 is 0. The first-order chi connectivity index (χ1) is 34.4. The molecule has 8 rings (SSSR count). The first-order valence-electron chi connectivity index (χ1n) is 23.6. The molecule has 0 atom stereocenters. The number of nitrogens with zero attached hydrogens (tertiary/aromatic N) is 2. The van der Waals surface area contributed by atoms with Crippen molar-refractivity contribution in [2.24, 2.45) is 10.8 Å². The molecule has 16 nitrogen and oxygen atoms in total. The lowest BCUT2D eigenvalue weighted by Crippen LogP contribution is -2.32. The largest absolute Gasteiger partial charge is 0.508 e. The van der Waals surface area contributed by atoms with Gasteiger partial charge in [-0.15, -0.1) is 0 Å². The number of hydrogen-bond donors (Lipinski definition) is 8. The number of ether oxygens (including phenoxy) is 1. The number of imidazole rings is 2. The van der Waals surface area contributed by atoms with E-state index in [-0.39, 0.29) is 56.9 Å². The number of aromatic amines is 2. The van der Waals surface area contributed by atoms with Crippen LogP contribution in [-0.4, -0.2) is 74.8 Å². The summed E-state index contributed by atoms with van der Waals surface area (Å²) in [6, 6.07) is 31.0. The molecule has 0 radical (unpaired) electrons. The fraction of sp³-hybridized carbons (Fsp3) is 0.246. The van der Waals surface area contributed by atoms with Crippen molar-refractivity contribution >= 4 is 69.0 Å². The molecule has 6 aromatic carbocycles. The van der Waals surface area contributed by atoms with Gasteiger partial charge in [-0.25, -0.2) is 14.8 Å². The average Bonchev–Trinajstić information content (AvgIpc) is 3.91. The number of nitrogens with two attached hydrogens (primary N) is 1. The molecule has 4 amide bonds. The van der Waals surface area contributed by atoms with Crippen molar-refractivity contribution < 1.29 is 33.8 Å². The summed E-state index contributed by atoms with van der Waals surface area (Å²) in [6.07, 6.45) is 0. The third-order valence-corrected chi connectivity index (χ3v) is 11.6. The van der Waals surface area contributed by atoms with Crippen LogP contribution in [0.4, 0.5) is 17.3 Å². The van der Waals surface area contributed by atoms with Gasteiger partial charge in [0.25, 0.3) is 23.6 Å². The quantitative estimate of drug-likeness (QED) is 0.0570. The molecule has 0 saturated heterocycles. The Morgan fingerprint density at radius 2 is 1.05 bits per heavy atom. The number of fused-ring (bicyclic) bond motifs is 2. The van der Waals surface area contributed by atoms with Gasteiger partial charge in [-0.1, -0.05) is 71.4 Å². The van der Waals surface area contributed by atoms with Crippen molar-refractivity contribution in [2.45, 2.75) is 62.3 Å². The smallest absolute Gasteiger partial charge is 0.338 e. The SMILES string of the molecule is COC(=O)c1cc(C(=O)NCC(C)(C)C)ccc1-c1ccc(O)cc1C(=O)Nc1ccc2nc(N)[nH]c2c1.Cc1ccc(-c2ccc(C(=O)NCC(C)(C)C)cc2C)c(C(=O)Nc2ccc3nc(C)[nH]c3c2)c1. The molecule has 8 aromatic rings. The third-order valence-electron chi connectivity index (χ3n) is 11.6. The number of aryl methyl sites for hydroxylation is 3. The number of aromatic hydroxyl groups is 1. The molecule has 2 aromatic heterocycles. The maximum absolute atomic E-state index is 13.4. The number of anilines is 3. The number of aromatic nitrogens is 4. The number of carbonyl (C=O) groups is 5. The molecule has 0 aliphatic carbocycles. The van der Waals surface area contributed by atoms with Crippen LogP contribution in [0.1, 0.15) is 110 Å². The van der Waals surface area contributed by atoms with E-state index in [0.29, 0.717) is 57.8 Å². The van der Waals surface area contributed by atoms with Crippen LogP contribution in [0.2, 0.25) is 0 Å². The molecule has 0 aliphatic heterocycles. The Morgan fingerprint density at radius 3 is 1.63 bits per heavy atom. The summed E-state index contributed by atoms with van der Waals surface area (Å²) in [5, 5.41) is 21.8. The maximum atomic E-state index is 13.4. The number of hydrogen-bond acceptors (Lipinski definition) is 10. The second-order valence-electron chi connectivity index (χ2n) is 20.4. The maximum Gasteiger partial charge on any atom is 0.338 e. The zero-order valence-electron chi connectivity index (χ0n) is 42.7. The number of phenols is 1. The molecular formula is C57H61N9O7. The van der Waals surface area contributed by atoms with E-state index in [2.05, 4.69) is 62.0 Å². The normalized spacial score (nSPS) is 11.4. The number of esters is 1. The van der Waals surface area contributed by atoms with E-state index in [1.165, 1.54) is 31.4 Å². The Balaban J connectivity index is 0.000000214. The summed E-state index contributed by atoms with van der Waals surface area (Å²) in [5.74, 6) is -0.868. The second kappa shape index (κ2) is 21.3. The van der Waals surface area contributed by atoms with Gasteiger partial charge in [-0.2, -0.15) is 0 Å². The van der Waals surface area contributed by atoms with Crippen LogP contribution in [-0.2, 0) is 4.74 Å². The topological polar surface area (TPSA) is 246 Å². The lowest BCUT2D eigenvalue weighted by Gasteiger charge is -2.19. The van der Waals surface area contributed by atoms with Crippen molar-refractivity contribution in [1.82, 2.24) is 30.6 Å². The van der Waals surface area contributed by atoms with Crippen molar-refractivity contribution in [3.8, 4) is 28.0 Å². The van der Waals surface area contributed by atoms with Gasteiger partial charge >= 0.3 is 5.97 Å². The molecule has 0 unspecified atom stereocenters. The predicted molar refractivity (Wildman–Crippen MR) is 287 cm³/mol. The molecule has 376 valence electrons. The minimum absolute atomic E-state index is 0.00948. The minimum atomic E-state index is -0.674. The van der Waals surface area contributed by atoms with Crippen LogP contribution in [0.15, 0.2) is 109 Å². The Morgan fingerprint density at radius 1 is 0.562 bits per heavy atom. The van der Waals surface area contributed by atoms with Gasteiger partial charge in [-0.05, 0) is 144 Å². The summed E-state index contributed by atoms with van der Waals surface area (Å²) in [6.45, 7) is 19.1. The van der Waals surface area contributed by atoms with Crippen molar-refractivity contribution in [3.05, 3.63) is 154 Å². The Kier molecular flexibility index (Phi) is 15.2. The highest BCUT2D eigenvalue weighted by Crippen LogP contribution is 2.33. The van der Waals surface area contributed by atoms with E-state index in [1.807, 2.05) is 96.1 Å². The monoisotopic (exact) mass is 983 g/mol. The molecule has 2 heterocycles. The van der Waals surface area contributed by atoms with Crippen LogP contribution in [0, 0.1) is 31.6 Å². The number of phenolic OH excluding ortho intramolecular Hbond substituents is 1. The number of carbonyl (C=O) groups excluding carboxylic acids is 5. The number of nitrogen functional groups attached to an aromatic ring is 1. The van der Waals surface area contributed by atoms with Crippen LogP contribution >= 0.6 is 0 Å². The molecule has 0 saturated carbocycles. The van der Waals surface area contributed by atoms with E-state index >= 15 is 0 Å². The molecule has 0 fully saturated rings. The summed E-state index contributed by atoms with van der Waals surface area (Å²) in [7, 11) is 1.24. The Bertz CT molecular complexity index is 3430. The number of methoxy groups -OCH3 is 1. The molecule has 73 heavy (non-hydrogen) atoms. The number of nitrogens with one attached hydrogen (secondary N) is 6. The summed E-state index contributed by atoms with van der Waals surface area (Å²) < 4.78 is 4.97. The van der Waals surface area contributed by atoms with Gasteiger partial charge in [0.1, 0.15) is 11.6 Å². The van der Waals surface area contributed by atoms with Gasteiger partial charge in [0, 0.05) is 41.2 Å². The van der Waals surface area contributed by atoms with Crippen LogP contribution in [0.5, 0.6) is 5.75 Å². The fourth-order valence-electron chi connectivity index (χ4n) is 7.96. The fourth-order valence-corrected chi connectivity index (χ4v) is 7.96. The highest BCUT2D eigenvalue weighted by molar-refractivity contribution is 6.12. The number of rotatable bonds is 11. The molecule has 16 heteroatoms. The molecule has 9 N–H and O–H groups in total. The van der Waals surface area contributed by atoms with Gasteiger partial charge < -0.3 is 46.8 Å². The number of benzene rings is 6. The first kappa shape index (κ1) is 52.0. The van der Waals surface area contributed by atoms with E-state index in [0.717, 1.165) is 39.1 Å². The zero-order chi connectivity index (χ0) is 52.9. The van der Waals surface area contributed by atoms with Gasteiger partial charge in [-0.3, -0.25) is 19.2 Å². The number of H-pyrrole nitrogens is 2. The van der Waals surface area contributed by atoms with Crippen molar-refractivity contribution in [1.29, 1.82) is 0 Å². The predicted octanol–water partition coefficient (Wildman–Crippen LogP) is 10.5. The van der Waals surface area contributed by atoms with Crippen molar-refractivity contribution in [2.75, 3.05) is 36.6 Å². The summed E-state index contributed by atoms with van der Waals surface area (Å²) in [5.41, 5.74) is 15.9. The molecule has 0 spiro atoms. The van der Waals surface area contributed by atoms with Crippen LogP contribution in [0.25, 0.3) is 44.3 Å². The van der Waals surface area contributed by atoms with Gasteiger partial charge in [0.2, 0.25) is 0 Å². The lowest BCUT2D eigenvalue weighted by atomic mass is 9.92. The summed E-state index contributed by atoms with van der Waals surface area (Å²) in [4.78, 5) is 79.5. The molecular weight excluding hydrogens is 923 g/mol. The second-order valence-corrected chi connectivity index (χ2v) is 20.4. The van der Waals surface area contributed by atoms with Gasteiger partial charge in [0.15, 0.2) is 5.95 Å². The zero-order valence-corrected chi connectivity index (χ0v) is 42.7. The Labute approximate surface area is 423 Å². The van der Waals surface area contributed by atoms with Crippen LogP contribution in [0.3, 0.4) is 0 Å².